The lowest BCUT2D eigenvalue weighted by Crippen LogP contribution is -2.33. The molecule has 0 bridgehead atoms. The summed E-state index contributed by atoms with van der Waals surface area (Å²) in [6, 6.07) is 20.8. The van der Waals surface area contributed by atoms with E-state index in [9.17, 15) is 0 Å². The van der Waals surface area contributed by atoms with Gasteiger partial charge in [0.05, 0.1) is 6.54 Å². The van der Waals surface area contributed by atoms with Crippen molar-refractivity contribution >= 4 is 11.4 Å². The molecule has 0 aliphatic carbocycles. The van der Waals surface area contributed by atoms with Gasteiger partial charge in [0, 0.05) is 37.9 Å². The molecule has 0 N–H and O–H groups in total. The van der Waals surface area contributed by atoms with E-state index in [0.717, 1.165) is 31.0 Å². The Balaban J connectivity index is 1.70. The Kier molecular flexibility index (Phi) is 5.67. The maximum Gasteiger partial charge on any atom is 0.246 e. The van der Waals surface area contributed by atoms with Crippen LogP contribution in [0.4, 0.5) is 11.4 Å². The predicted octanol–water partition coefficient (Wildman–Crippen LogP) is 3.78. The minimum atomic E-state index is 0.611. The van der Waals surface area contributed by atoms with Gasteiger partial charge in [0.1, 0.15) is 0 Å². The molecule has 3 rings (SSSR count). The SMILES string of the molecule is CCc1noc(CN(CCN(C)c2ccccc2)c2ccccc2)n1. The zero-order valence-corrected chi connectivity index (χ0v) is 14.8. The summed E-state index contributed by atoms with van der Waals surface area (Å²) in [5, 5.41) is 4.00. The second-order valence-electron chi connectivity index (χ2n) is 5.97. The van der Waals surface area contributed by atoms with Gasteiger partial charge >= 0.3 is 0 Å². The molecular formula is C20H24N4O. The molecule has 0 aliphatic rings. The minimum Gasteiger partial charge on any atom is -0.373 e. The van der Waals surface area contributed by atoms with E-state index in [4.69, 9.17) is 4.52 Å². The van der Waals surface area contributed by atoms with Crippen molar-refractivity contribution < 1.29 is 4.52 Å². The molecule has 0 saturated carbocycles. The molecule has 5 heteroatoms. The van der Waals surface area contributed by atoms with Crippen molar-refractivity contribution in [1.82, 2.24) is 10.1 Å². The van der Waals surface area contributed by atoms with Gasteiger partial charge in [-0.05, 0) is 24.3 Å². The molecule has 0 spiro atoms. The lowest BCUT2D eigenvalue weighted by molar-refractivity contribution is 0.371. The van der Waals surface area contributed by atoms with Crippen LogP contribution in [0, 0.1) is 0 Å². The fraction of sp³-hybridized carbons (Fsp3) is 0.300. The minimum absolute atomic E-state index is 0.611. The highest BCUT2D eigenvalue weighted by molar-refractivity contribution is 5.48. The van der Waals surface area contributed by atoms with E-state index in [2.05, 4.69) is 75.5 Å². The zero-order chi connectivity index (χ0) is 17.5. The Labute approximate surface area is 148 Å². The van der Waals surface area contributed by atoms with Crippen molar-refractivity contribution in [1.29, 1.82) is 0 Å². The highest BCUT2D eigenvalue weighted by atomic mass is 16.5. The number of benzene rings is 2. The number of para-hydroxylation sites is 2. The van der Waals surface area contributed by atoms with Gasteiger partial charge in [0.15, 0.2) is 5.82 Å². The first-order valence-electron chi connectivity index (χ1n) is 8.64. The summed E-state index contributed by atoms with van der Waals surface area (Å²) in [5.74, 6) is 1.41. The van der Waals surface area contributed by atoms with Crippen molar-refractivity contribution in [3.63, 3.8) is 0 Å². The Hall–Kier alpha value is -2.82. The number of aromatic nitrogens is 2. The lowest BCUT2D eigenvalue weighted by Gasteiger charge is -2.27. The normalized spacial score (nSPS) is 10.6. The van der Waals surface area contributed by atoms with Crippen LogP contribution in [0.5, 0.6) is 0 Å². The van der Waals surface area contributed by atoms with Gasteiger partial charge in [-0.3, -0.25) is 0 Å². The first-order valence-corrected chi connectivity index (χ1v) is 8.64. The van der Waals surface area contributed by atoms with Crippen LogP contribution in [0.1, 0.15) is 18.6 Å². The Bertz CT molecular complexity index is 758. The summed E-state index contributed by atoms with van der Waals surface area (Å²) in [5.41, 5.74) is 2.36. The molecule has 2 aromatic carbocycles. The van der Waals surface area contributed by atoms with Crippen molar-refractivity contribution in [2.75, 3.05) is 29.9 Å². The standard InChI is InChI=1S/C20H24N4O/c1-3-19-21-20(25-22-19)16-24(18-12-8-5-9-13-18)15-14-23(2)17-10-6-4-7-11-17/h4-13H,3,14-16H2,1-2H3. The summed E-state index contributed by atoms with van der Waals surface area (Å²) in [7, 11) is 2.11. The molecular weight excluding hydrogens is 312 g/mol. The number of anilines is 2. The average molecular weight is 336 g/mol. The average Bonchev–Trinajstić information content (AvgIpc) is 3.14. The maximum absolute atomic E-state index is 5.38. The highest BCUT2D eigenvalue weighted by Gasteiger charge is 2.13. The fourth-order valence-corrected chi connectivity index (χ4v) is 2.68. The maximum atomic E-state index is 5.38. The van der Waals surface area contributed by atoms with E-state index in [0.29, 0.717) is 12.4 Å². The molecule has 0 radical (unpaired) electrons. The summed E-state index contributed by atoms with van der Waals surface area (Å²) in [4.78, 5) is 8.97. The molecule has 0 atom stereocenters. The van der Waals surface area contributed by atoms with Crippen LogP contribution in [-0.4, -0.2) is 30.3 Å². The summed E-state index contributed by atoms with van der Waals surface area (Å²) >= 11 is 0. The van der Waals surface area contributed by atoms with E-state index in [1.165, 1.54) is 5.69 Å². The molecule has 0 aliphatic heterocycles. The number of likely N-dealkylation sites (N-methyl/N-ethyl adjacent to an activating group) is 1. The molecule has 130 valence electrons. The van der Waals surface area contributed by atoms with Crippen LogP contribution < -0.4 is 9.80 Å². The fourth-order valence-electron chi connectivity index (χ4n) is 2.68. The molecule has 0 saturated heterocycles. The topological polar surface area (TPSA) is 45.4 Å². The Morgan fingerprint density at radius 1 is 0.880 bits per heavy atom. The third-order valence-corrected chi connectivity index (χ3v) is 4.18. The Morgan fingerprint density at radius 2 is 1.52 bits per heavy atom. The monoisotopic (exact) mass is 336 g/mol. The van der Waals surface area contributed by atoms with Crippen LogP contribution in [0.25, 0.3) is 0 Å². The van der Waals surface area contributed by atoms with E-state index in [1.54, 1.807) is 0 Å². The van der Waals surface area contributed by atoms with Crippen LogP contribution in [-0.2, 0) is 13.0 Å². The van der Waals surface area contributed by atoms with Gasteiger partial charge in [-0.15, -0.1) is 0 Å². The quantitative estimate of drug-likeness (QED) is 0.626. The second kappa shape index (κ2) is 8.33. The summed E-state index contributed by atoms with van der Waals surface area (Å²) in [6.07, 6.45) is 0.783. The van der Waals surface area contributed by atoms with E-state index >= 15 is 0 Å². The molecule has 25 heavy (non-hydrogen) atoms. The number of hydrogen-bond donors (Lipinski definition) is 0. The summed E-state index contributed by atoms with van der Waals surface area (Å²) in [6.45, 7) is 4.39. The predicted molar refractivity (Wildman–Crippen MR) is 101 cm³/mol. The molecule has 0 unspecified atom stereocenters. The van der Waals surface area contributed by atoms with Crippen LogP contribution in [0.3, 0.4) is 0 Å². The number of aryl methyl sites for hydroxylation is 1. The third kappa shape index (κ3) is 4.59. The molecule has 1 heterocycles. The molecule has 3 aromatic rings. The van der Waals surface area contributed by atoms with E-state index in [1.807, 2.05) is 19.1 Å². The molecule has 5 nitrogen and oxygen atoms in total. The van der Waals surface area contributed by atoms with Gasteiger partial charge < -0.3 is 14.3 Å². The summed E-state index contributed by atoms with van der Waals surface area (Å²) < 4.78 is 5.38. The largest absolute Gasteiger partial charge is 0.373 e. The second-order valence-corrected chi connectivity index (χ2v) is 5.97. The van der Waals surface area contributed by atoms with Crippen molar-refractivity contribution in [2.45, 2.75) is 19.9 Å². The van der Waals surface area contributed by atoms with Crippen LogP contribution in [0.2, 0.25) is 0 Å². The number of nitrogens with zero attached hydrogens (tertiary/aromatic N) is 4. The van der Waals surface area contributed by atoms with Gasteiger partial charge in [0.2, 0.25) is 5.89 Å². The molecule has 0 amide bonds. The van der Waals surface area contributed by atoms with Gasteiger partial charge in [-0.25, -0.2) is 0 Å². The van der Waals surface area contributed by atoms with Gasteiger partial charge in [-0.1, -0.05) is 48.5 Å². The number of hydrogen-bond acceptors (Lipinski definition) is 5. The Morgan fingerprint density at radius 3 is 2.12 bits per heavy atom. The zero-order valence-electron chi connectivity index (χ0n) is 14.8. The van der Waals surface area contributed by atoms with Crippen molar-refractivity contribution in [3.8, 4) is 0 Å². The molecule has 0 fully saturated rings. The number of rotatable bonds is 8. The van der Waals surface area contributed by atoms with Gasteiger partial charge in [0.25, 0.3) is 0 Å². The first kappa shape index (κ1) is 17.0. The van der Waals surface area contributed by atoms with Gasteiger partial charge in [-0.2, -0.15) is 4.98 Å². The van der Waals surface area contributed by atoms with Crippen molar-refractivity contribution in [2.24, 2.45) is 0 Å². The highest BCUT2D eigenvalue weighted by Crippen LogP contribution is 2.17. The first-order chi connectivity index (χ1) is 12.3. The van der Waals surface area contributed by atoms with E-state index in [-0.39, 0.29) is 0 Å². The van der Waals surface area contributed by atoms with E-state index < -0.39 is 0 Å². The van der Waals surface area contributed by atoms with Crippen LogP contribution in [0.15, 0.2) is 65.2 Å². The van der Waals surface area contributed by atoms with Crippen molar-refractivity contribution in [3.05, 3.63) is 72.4 Å². The lowest BCUT2D eigenvalue weighted by atomic mass is 10.2. The molecule has 1 aromatic heterocycles. The third-order valence-electron chi connectivity index (χ3n) is 4.18. The smallest absolute Gasteiger partial charge is 0.246 e. The van der Waals surface area contributed by atoms with Crippen LogP contribution >= 0.6 is 0 Å².